The lowest BCUT2D eigenvalue weighted by Gasteiger charge is -2.20. The Morgan fingerprint density at radius 1 is 0.500 bits per heavy atom. The summed E-state index contributed by atoms with van der Waals surface area (Å²) in [6.07, 6.45) is 0. The summed E-state index contributed by atoms with van der Waals surface area (Å²) in [5.74, 6) is -2.85. The largest absolute Gasteiger partial charge is 0.270 e. The molecule has 0 fully saturated rings. The van der Waals surface area contributed by atoms with E-state index in [1.165, 1.54) is 36.4 Å². The van der Waals surface area contributed by atoms with Crippen LogP contribution in [0.15, 0.2) is 72.8 Å². The highest BCUT2D eigenvalue weighted by molar-refractivity contribution is 6.38. The number of carbonyl (C=O) groups excluding carboxylic acids is 4. The van der Waals surface area contributed by atoms with Crippen LogP contribution in [0.1, 0.15) is 41.4 Å². The van der Waals surface area contributed by atoms with E-state index < -0.39 is 33.5 Å². The highest BCUT2D eigenvalue weighted by Gasteiger charge is 2.41. The predicted molar refractivity (Wildman–Crippen MR) is 132 cm³/mol. The second-order valence-electron chi connectivity index (χ2n) is 8.51. The van der Waals surface area contributed by atoms with Crippen molar-refractivity contribution in [3.8, 4) is 0 Å². The number of imide groups is 2. The summed E-state index contributed by atoms with van der Waals surface area (Å²) in [5.41, 5.74) is -0.559. The van der Waals surface area contributed by atoms with Crippen LogP contribution in [0.5, 0.6) is 0 Å². The minimum absolute atomic E-state index is 0.00991. The third-order valence-electron chi connectivity index (χ3n) is 6.52. The Morgan fingerprint density at radius 3 is 1.24 bits per heavy atom. The molecule has 2 heterocycles. The van der Waals surface area contributed by atoms with Gasteiger partial charge in [0.05, 0.1) is 43.5 Å². The van der Waals surface area contributed by atoms with E-state index in [0.717, 1.165) is 34.1 Å². The number of hydrogen-bond donors (Lipinski definition) is 0. The van der Waals surface area contributed by atoms with Crippen molar-refractivity contribution in [3.63, 3.8) is 0 Å². The smallest absolute Gasteiger partial charge is 0.268 e. The maximum absolute atomic E-state index is 13.2. The molecule has 0 spiro atoms. The zero-order valence-corrected chi connectivity index (χ0v) is 19.0. The van der Waals surface area contributed by atoms with Crippen molar-refractivity contribution in [1.29, 1.82) is 0 Å². The van der Waals surface area contributed by atoms with Crippen molar-refractivity contribution in [3.05, 3.63) is 115 Å². The average Bonchev–Trinajstić information content (AvgIpc) is 3.31. The van der Waals surface area contributed by atoms with Gasteiger partial charge in [0.2, 0.25) is 0 Å². The maximum Gasteiger partial charge on any atom is 0.270 e. The Bertz CT molecular complexity index is 1700. The van der Waals surface area contributed by atoms with Crippen LogP contribution in [-0.2, 0) is 0 Å². The lowest BCUT2D eigenvalue weighted by molar-refractivity contribution is -0.385. The first-order valence-electron chi connectivity index (χ1n) is 11.0. The van der Waals surface area contributed by atoms with Crippen LogP contribution in [-0.4, -0.2) is 33.5 Å². The minimum atomic E-state index is -0.750. The van der Waals surface area contributed by atoms with Crippen LogP contribution in [0.25, 0.3) is 10.8 Å². The van der Waals surface area contributed by atoms with Crippen LogP contribution in [0.3, 0.4) is 0 Å². The predicted octanol–water partition coefficient (Wildman–Crippen LogP) is 4.26. The number of benzene rings is 4. The van der Waals surface area contributed by atoms with E-state index in [-0.39, 0.29) is 45.0 Å². The SMILES string of the molecule is O=C1c2ccc([N+](=O)[O-])cc2C(=O)N1c1cccc2c(N3C(=O)c4ccc([N+](=O)[O-])cc4C3=O)cccc12. The Morgan fingerprint density at radius 2 is 0.868 bits per heavy atom. The molecule has 0 atom stereocenters. The van der Waals surface area contributed by atoms with E-state index in [1.54, 1.807) is 12.1 Å². The molecule has 0 radical (unpaired) electrons. The van der Waals surface area contributed by atoms with Gasteiger partial charge in [0.15, 0.2) is 0 Å². The quantitative estimate of drug-likeness (QED) is 0.224. The van der Waals surface area contributed by atoms with E-state index in [9.17, 15) is 39.4 Å². The van der Waals surface area contributed by atoms with Crippen LogP contribution in [0.2, 0.25) is 0 Å². The molecule has 4 aromatic carbocycles. The zero-order valence-electron chi connectivity index (χ0n) is 19.0. The lowest BCUT2D eigenvalue weighted by atomic mass is 10.0. The summed E-state index contributed by atoms with van der Waals surface area (Å²) in [6, 6.07) is 16.1. The fourth-order valence-corrected chi connectivity index (χ4v) is 4.79. The van der Waals surface area contributed by atoms with Gasteiger partial charge in [-0.15, -0.1) is 0 Å². The van der Waals surface area contributed by atoms with Crippen LogP contribution in [0, 0.1) is 20.2 Å². The van der Waals surface area contributed by atoms with Gasteiger partial charge in [-0.05, 0) is 24.3 Å². The molecule has 2 aliphatic rings. The highest BCUT2D eigenvalue weighted by Crippen LogP contribution is 2.40. The van der Waals surface area contributed by atoms with Crippen molar-refractivity contribution in [2.75, 3.05) is 9.80 Å². The Balaban J connectivity index is 1.47. The number of rotatable bonds is 4. The summed E-state index contributed by atoms with van der Waals surface area (Å²) >= 11 is 0. The summed E-state index contributed by atoms with van der Waals surface area (Å²) in [4.78, 5) is 75.6. The molecule has 12 heteroatoms. The topological polar surface area (TPSA) is 161 Å². The molecular weight excluding hydrogens is 496 g/mol. The average molecular weight is 508 g/mol. The van der Waals surface area contributed by atoms with E-state index >= 15 is 0 Å². The van der Waals surface area contributed by atoms with E-state index in [1.807, 2.05) is 0 Å². The Hall–Kier alpha value is -5.78. The van der Waals surface area contributed by atoms with Gasteiger partial charge in [-0.3, -0.25) is 39.4 Å². The molecular formula is C26H12N4O8. The van der Waals surface area contributed by atoms with Gasteiger partial charge in [-0.2, -0.15) is 0 Å². The van der Waals surface area contributed by atoms with Gasteiger partial charge in [0.1, 0.15) is 0 Å². The Kier molecular flexibility index (Phi) is 4.69. The van der Waals surface area contributed by atoms with Gasteiger partial charge in [-0.1, -0.05) is 24.3 Å². The second kappa shape index (κ2) is 7.86. The zero-order chi connectivity index (χ0) is 26.9. The fraction of sp³-hybridized carbons (Fsp3) is 0. The Labute approximate surface area is 211 Å². The first-order chi connectivity index (χ1) is 18.2. The highest BCUT2D eigenvalue weighted by atomic mass is 16.6. The molecule has 184 valence electrons. The number of fused-ring (bicyclic) bond motifs is 3. The van der Waals surface area contributed by atoms with Crippen molar-refractivity contribution < 1.29 is 29.0 Å². The third kappa shape index (κ3) is 3.03. The van der Waals surface area contributed by atoms with Gasteiger partial charge in [0.25, 0.3) is 35.0 Å². The maximum atomic E-state index is 13.2. The number of anilines is 2. The number of hydrogen-bond acceptors (Lipinski definition) is 8. The number of carbonyl (C=O) groups is 4. The molecule has 0 unspecified atom stereocenters. The summed E-state index contributed by atoms with van der Waals surface area (Å²) < 4.78 is 0. The molecule has 2 aliphatic heterocycles. The van der Waals surface area contributed by atoms with Gasteiger partial charge < -0.3 is 0 Å². The summed E-state index contributed by atoms with van der Waals surface area (Å²) in [5, 5.41) is 23.1. The number of amides is 4. The fourth-order valence-electron chi connectivity index (χ4n) is 4.79. The molecule has 0 aliphatic carbocycles. The number of non-ortho nitro benzene ring substituents is 2. The molecule has 4 amide bonds. The van der Waals surface area contributed by atoms with E-state index in [0.29, 0.717) is 10.8 Å². The number of nitro benzene ring substituents is 2. The first kappa shape index (κ1) is 22.7. The van der Waals surface area contributed by atoms with E-state index in [2.05, 4.69) is 0 Å². The summed E-state index contributed by atoms with van der Waals surface area (Å²) in [7, 11) is 0. The molecule has 0 bridgehead atoms. The van der Waals surface area contributed by atoms with Crippen molar-refractivity contribution in [1.82, 2.24) is 0 Å². The molecule has 0 saturated heterocycles. The monoisotopic (exact) mass is 508 g/mol. The number of nitro groups is 2. The van der Waals surface area contributed by atoms with Gasteiger partial charge >= 0.3 is 0 Å². The van der Waals surface area contributed by atoms with Crippen LogP contribution >= 0.6 is 0 Å². The molecule has 0 aromatic heterocycles. The van der Waals surface area contributed by atoms with Crippen LogP contribution in [0.4, 0.5) is 22.7 Å². The molecule has 12 nitrogen and oxygen atoms in total. The van der Waals surface area contributed by atoms with Crippen molar-refractivity contribution in [2.24, 2.45) is 0 Å². The molecule has 38 heavy (non-hydrogen) atoms. The normalized spacial score (nSPS) is 14.3. The molecule has 0 N–H and O–H groups in total. The molecule has 6 rings (SSSR count). The van der Waals surface area contributed by atoms with E-state index in [4.69, 9.17) is 0 Å². The molecule has 0 saturated carbocycles. The minimum Gasteiger partial charge on any atom is -0.268 e. The third-order valence-corrected chi connectivity index (χ3v) is 6.52. The van der Waals surface area contributed by atoms with Gasteiger partial charge in [0, 0.05) is 35.0 Å². The molecule has 4 aromatic rings. The second-order valence-corrected chi connectivity index (χ2v) is 8.51. The first-order valence-corrected chi connectivity index (χ1v) is 11.0. The summed E-state index contributed by atoms with van der Waals surface area (Å²) in [6.45, 7) is 0. The van der Waals surface area contributed by atoms with Crippen molar-refractivity contribution in [2.45, 2.75) is 0 Å². The van der Waals surface area contributed by atoms with Crippen LogP contribution < -0.4 is 9.80 Å². The lowest BCUT2D eigenvalue weighted by Crippen LogP contribution is -2.30. The standard InChI is InChI=1S/C26H12N4O8/c31-23-17-9-7-13(29(35)36)11-19(17)25(33)27(23)21-5-1-3-15-16(21)4-2-6-22(15)28-24(32)18-10-8-14(30(37)38)12-20(18)26(28)34/h1-12H. The van der Waals surface area contributed by atoms with Gasteiger partial charge in [-0.25, -0.2) is 9.80 Å². The van der Waals surface area contributed by atoms with Crippen molar-refractivity contribution >= 4 is 57.2 Å². The number of nitrogens with zero attached hydrogens (tertiary/aromatic N) is 4.